The number of carbonyl (C=O) groups is 1. The van der Waals surface area contributed by atoms with Gasteiger partial charge in [0.1, 0.15) is 11.3 Å². The summed E-state index contributed by atoms with van der Waals surface area (Å²) in [5.41, 5.74) is 7.22. The standard InChI is InChI=1S/C27H22N2O3/c1-16-9-10-20(27-29-22-13-17(2)18(3)14-25(22)32-27)15-21(16)28-26(30)24-12-11-23(31-24)19-7-5-4-6-8-19/h4-15H,1-3H3,(H,28,30). The number of hydrogen-bond acceptors (Lipinski definition) is 4. The fourth-order valence-corrected chi connectivity index (χ4v) is 3.59. The van der Waals surface area contributed by atoms with Gasteiger partial charge in [-0.15, -0.1) is 0 Å². The smallest absolute Gasteiger partial charge is 0.291 e. The van der Waals surface area contributed by atoms with Crippen molar-refractivity contribution in [1.82, 2.24) is 4.98 Å². The van der Waals surface area contributed by atoms with Gasteiger partial charge in [-0.1, -0.05) is 36.4 Å². The summed E-state index contributed by atoms with van der Waals surface area (Å²) in [6, 6.07) is 22.9. The third kappa shape index (κ3) is 3.69. The highest BCUT2D eigenvalue weighted by Crippen LogP contribution is 2.30. The normalized spacial score (nSPS) is 11.1. The maximum atomic E-state index is 12.8. The SMILES string of the molecule is Cc1cc2nc(-c3ccc(C)c(NC(=O)c4ccc(-c5ccccc5)o4)c3)oc2cc1C. The van der Waals surface area contributed by atoms with E-state index in [1.165, 1.54) is 5.56 Å². The number of nitrogens with one attached hydrogen (secondary N) is 1. The number of oxazole rings is 1. The summed E-state index contributed by atoms with van der Waals surface area (Å²) < 4.78 is 11.8. The number of aromatic nitrogens is 1. The molecule has 0 aliphatic rings. The van der Waals surface area contributed by atoms with Crippen molar-refractivity contribution in [3.63, 3.8) is 0 Å². The van der Waals surface area contributed by atoms with E-state index in [2.05, 4.69) is 17.2 Å². The van der Waals surface area contributed by atoms with Crippen LogP contribution in [0.3, 0.4) is 0 Å². The average Bonchev–Trinajstić information content (AvgIpc) is 3.44. The van der Waals surface area contributed by atoms with Crippen molar-refractivity contribution in [2.45, 2.75) is 20.8 Å². The molecule has 0 saturated carbocycles. The predicted molar refractivity (Wildman–Crippen MR) is 126 cm³/mol. The molecule has 0 atom stereocenters. The number of rotatable bonds is 4. The van der Waals surface area contributed by atoms with Gasteiger partial charge in [-0.05, 0) is 73.9 Å². The minimum Gasteiger partial charge on any atom is -0.451 e. The summed E-state index contributed by atoms with van der Waals surface area (Å²) in [5, 5.41) is 2.95. The van der Waals surface area contributed by atoms with Crippen molar-refractivity contribution in [3.05, 3.63) is 95.2 Å². The van der Waals surface area contributed by atoms with Crippen LogP contribution in [0.4, 0.5) is 5.69 Å². The molecule has 0 spiro atoms. The lowest BCUT2D eigenvalue weighted by Gasteiger charge is -2.08. The number of nitrogens with zero attached hydrogens (tertiary/aromatic N) is 1. The number of amides is 1. The van der Waals surface area contributed by atoms with Crippen LogP contribution in [0.5, 0.6) is 0 Å². The molecule has 1 amide bonds. The Kier molecular flexibility index (Phi) is 4.86. The summed E-state index contributed by atoms with van der Waals surface area (Å²) >= 11 is 0. The number of hydrogen-bond donors (Lipinski definition) is 1. The molecule has 5 nitrogen and oxygen atoms in total. The molecule has 5 rings (SSSR count). The fourth-order valence-electron chi connectivity index (χ4n) is 3.59. The van der Waals surface area contributed by atoms with E-state index in [4.69, 9.17) is 8.83 Å². The first-order valence-corrected chi connectivity index (χ1v) is 10.4. The molecular weight excluding hydrogens is 400 g/mol. The summed E-state index contributed by atoms with van der Waals surface area (Å²) in [6.45, 7) is 6.05. The van der Waals surface area contributed by atoms with E-state index in [1.54, 1.807) is 12.1 Å². The van der Waals surface area contributed by atoms with Crippen molar-refractivity contribution < 1.29 is 13.6 Å². The van der Waals surface area contributed by atoms with Crippen molar-refractivity contribution >= 4 is 22.7 Å². The van der Waals surface area contributed by atoms with Crippen LogP contribution in [0.2, 0.25) is 0 Å². The molecule has 0 aliphatic carbocycles. The average molecular weight is 422 g/mol. The van der Waals surface area contributed by atoms with Gasteiger partial charge in [0, 0.05) is 16.8 Å². The van der Waals surface area contributed by atoms with E-state index >= 15 is 0 Å². The number of carbonyl (C=O) groups excluding carboxylic acids is 1. The lowest BCUT2D eigenvalue weighted by Crippen LogP contribution is -2.11. The molecule has 32 heavy (non-hydrogen) atoms. The van der Waals surface area contributed by atoms with Crippen molar-refractivity contribution in [2.75, 3.05) is 5.32 Å². The molecule has 2 aromatic heterocycles. The molecular formula is C27H22N2O3. The summed E-state index contributed by atoms with van der Waals surface area (Å²) in [6.07, 6.45) is 0. The van der Waals surface area contributed by atoms with Crippen LogP contribution in [0.15, 0.2) is 81.6 Å². The minimum atomic E-state index is -0.309. The van der Waals surface area contributed by atoms with Crippen LogP contribution in [0.1, 0.15) is 27.2 Å². The molecule has 3 aromatic carbocycles. The number of furan rings is 1. The quantitative estimate of drug-likeness (QED) is 0.341. The van der Waals surface area contributed by atoms with Crippen molar-refractivity contribution in [3.8, 4) is 22.8 Å². The Labute approximate surface area is 185 Å². The molecule has 0 bridgehead atoms. The number of aryl methyl sites for hydroxylation is 3. The van der Waals surface area contributed by atoms with Gasteiger partial charge in [-0.2, -0.15) is 0 Å². The van der Waals surface area contributed by atoms with E-state index in [0.717, 1.165) is 33.4 Å². The maximum Gasteiger partial charge on any atom is 0.291 e. The number of fused-ring (bicyclic) bond motifs is 1. The minimum absolute atomic E-state index is 0.251. The van der Waals surface area contributed by atoms with Crippen LogP contribution in [0.25, 0.3) is 33.9 Å². The molecule has 5 aromatic rings. The molecule has 0 aliphatic heterocycles. The van der Waals surface area contributed by atoms with Gasteiger partial charge in [-0.25, -0.2) is 4.98 Å². The third-order valence-electron chi connectivity index (χ3n) is 5.62. The van der Waals surface area contributed by atoms with E-state index in [1.807, 2.05) is 74.5 Å². The zero-order valence-corrected chi connectivity index (χ0v) is 18.1. The molecule has 5 heteroatoms. The topological polar surface area (TPSA) is 68.3 Å². The molecule has 0 radical (unpaired) electrons. The van der Waals surface area contributed by atoms with Crippen LogP contribution in [-0.4, -0.2) is 10.9 Å². The molecule has 158 valence electrons. The molecule has 1 N–H and O–H groups in total. The van der Waals surface area contributed by atoms with Gasteiger partial charge in [0.05, 0.1) is 0 Å². The summed E-state index contributed by atoms with van der Waals surface area (Å²) in [5.74, 6) is 1.11. The number of anilines is 1. The third-order valence-corrected chi connectivity index (χ3v) is 5.62. The Bertz CT molecular complexity index is 1410. The highest BCUT2D eigenvalue weighted by atomic mass is 16.4. The first kappa shape index (κ1) is 19.8. The van der Waals surface area contributed by atoms with Gasteiger partial charge < -0.3 is 14.2 Å². The largest absolute Gasteiger partial charge is 0.451 e. The van der Waals surface area contributed by atoms with Crippen LogP contribution < -0.4 is 5.32 Å². The predicted octanol–water partition coefficient (Wildman–Crippen LogP) is 6.93. The van der Waals surface area contributed by atoms with E-state index in [0.29, 0.717) is 17.3 Å². The molecule has 0 unspecified atom stereocenters. The molecule has 0 fully saturated rings. The highest BCUT2D eigenvalue weighted by Gasteiger charge is 2.16. The van der Waals surface area contributed by atoms with Gasteiger partial charge in [0.25, 0.3) is 5.91 Å². The second-order valence-electron chi connectivity index (χ2n) is 7.94. The second kappa shape index (κ2) is 7.85. The summed E-state index contributed by atoms with van der Waals surface area (Å²) in [4.78, 5) is 17.5. The number of benzene rings is 3. The zero-order valence-electron chi connectivity index (χ0n) is 18.1. The van der Waals surface area contributed by atoms with Gasteiger partial charge in [-0.3, -0.25) is 4.79 Å². The Morgan fingerprint density at radius 2 is 1.56 bits per heavy atom. The van der Waals surface area contributed by atoms with Gasteiger partial charge in [0.15, 0.2) is 11.3 Å². The summed E-state index contributed by atoms with van der Waals surface area (Å²) in [7, 11) is 0. The van der Waals surface area contributed by atoms with Crippen LogP contribution in [-0.2, 0) is 0 Å². The van der Waals surface area contributed by atoms with E-state index in [-0.39, 0.29) is 11.7 Å². The first-order valence-electron chi connectivity index (χ1n) is 10.4. The first-order chi connectivity index (χ1) is 15.5. The van der Waals surface area contributed by atoms with Gasteiger partial charge >= 0.3 is 0 Å². The van der Waals surface area contributed by atoms with Gasteiger partial charge in [0.2, 0.25) is 5.89 Å². The Morgan fingerprint density at radius 1 is 0.781 bits per heavy atom. The van der Waals surface area contributed by atoms with Crippen molar-refractivity contribution in [1.29, 1.82) is 0 Å². The Balaban J connectivity index is 1.42. The van der Waals surface area contributed by atoms with E-state index < -0.39 is 0 Å². The van der Waals surface area contributed by atoms with Crippen LogP contribution >= 0.6 is 0 Å². The van der Waals surface area contributed by atoms with Crippen molar-refractivity contribution in [2.24, 2.45) is 0 Å². The highest BCUT2D eigenvalue weighted by molar-refractivity contribution is 6.03. The Hall–Kier alpha value is -4.12. The lowest BCUT2D eigenvalue weighted by atomic mass is 10.1. The second-order valence-corrected chi connectivity index (χ2v) is 7.94. The monoisotopic (exact) mass is 422 g/mol. The fraction of sp³-hybridized carbons (Fsp3) is 0.111. The lowest BCUT2D eigenvalue weighted by molar-refractivity contribution is 0.0997. The Morgan fingerprint density at radius 3 is 2.38 bits per heavy atom. The maximum absolute atomic E-state index is 12.8. The molecule has 2 heterocycles. The van der Waals surface area contributed by atoms with E-state index in [9.17, 15) is 4.79 Å². The molecule has 0 saturated heterocycles. The van der Waals surface area contributed by atoms with Crippen LogP contribution in [0, 0.1) is 20.8 Å². The zero-order chi connectivity index (χ0) is 22.2.